The number of halogens is 2. The number of hydrogen-bond acceptors (Lipinski definition) is 3. The van der Waals surface area contributed by atoms with Crippen LogP contribution in [0.4, 0.5) is 8.78 Å². The van der Waals surface area contributed by atoms with E-state index in [1.165, 1.54) is 69.8 Å². The van der Waals surface area contributed by atoms with Gasteiger partial charge in [0.2, 0.25) is 0 Å². The lowest BCUT2D eigenvalue weighted by atomic mass is 9.67. The van der Waals surface area contributed by atoms with E-state index in [0.29, 0.717) is 30.1 Å². The van der Waals surface area contributed by atoms with Crippen LogP contribution in [-0.2, 0) is 16.0 Å². The number of hydrogen-bond donors (Lipinski definition) is 1. The van der Waals surface area contributed by atoms with Crippen LogP contribution in [0.3, 0.4) is 0 Å². The predicted octanol–water partition coefficient (Wildman–Crippen LogP) is 10.0. The maximum absolute atomic E-state index is 14.9. The molecule has 2 aromatic rings. The average Bonchev–Trinajstić information content (AvgIpc) is 3.04. The van der Waals surface area contributed by atoms with Crippen molar-refractivity contribution < 1.29 is 23.4 Å². The summed E-state index contributed by atoms with van der Waals surface area (Å²) in [6.07, 6.45) is 15.4. The molecule has 2 aliphatic carbocycles. The highest BCUT2D eigenvalue weighted by Crippen LogP contribution is 2.45. The summed E-state index contributed by atoms with van der Waals surface area (Å²) in [7, 11) is 0.500. The number of carbonyl (C=O) groups excluding carboxylic acids is 1. The van der Waals surface area contributed by atoms with Gasteiger partial charge >= 0.3 is 5.97 Å². The molecule has 5 heteroatoms. The van der Waals surface area contributed by atoms with Crippen LogP contribution in [0.15, 0.2) is 54.6 Å². The Kier molecular flexibility index (Phi) is 14.9. The van der Waals surface area contributed by atoms with Crippen LogP contribution in [0.25, 0.3) is 11.1 Å². The SMILES string of the molecule is C=C(C)C(=O)OCC(CO)CC1CCC(C2CCC(c3ccc(-c4ccc(CCCCC)cc4F)cc3)CC2)CC1.CF. The molecule has 1 atom stereocenters. The Balaban J connectivity index is 0.00000248. The van der Waals surface area contributed by atoms with E-state index in [-0.39, 0.29) is 30.9 Å². The number of carbonyl (C=O) groups is 1. The van der Waals surface area contributed by atoms with Crippen LogP contribution >= 0.6 is 0 Å². The van der Waals surface area contributed by atoms with Crippen molar-refractivity contribution in [1.82, 2.24) is 0 Å². The Morgan fingerprint density at radius 1 is 0.953 bits per heavy atom. The molecule has 238 valence electrons. The molecule has 2 aliphatic rings. The van der Waals surface area contributed by atoms with Crippen LogP contribution in [0.5, 0.6) is 0 Å². The van der Waals surface area contributed by atoms with Crippen LogP contribution in [0.1, 0.15) is 108 Å². The molecule has 0 spiro atoms. The third kappa shape index (κ3) is 10.6. The van der Waals surface area contributed by atoms with Crippen molar-refractivity contribution in [3.63, 3.8) is 0 Å². The van der Waals surface area contributed by atoms with Crippen molar-refractivity contribution in [2.45, 2.75) is 103 Å². The number of aliphatic hydroxyl groups is 1. The van der Waals surface area contributed by atoms with Gasteiger partial charge in [0.05, 0.1) is 13.8 Å². The maximum atomic E-state index is 14.9. The predicted molar refractivity (Wildman–Crippen MR) is 173 cm³/mol. The lowest BCUT2D eigenvalue weighted by Crippen LogP contribution is -2.27. The minimum atomic E-state index is -0.365. The van der Waals surface area contributed by atoms with E-state index in [1.807, 2.05) is 6.07 Å². The van der Waals surface area contributed by atoms with Gasteiger partial charge in [0.25, 0.3) is 0 Å². The van der Waals surface area contributed by atoms with Gasteiger partial charge in [-0.15, -0.1) is 0 Å². The van der Waals surface area contributed by atoms with Crippen LogP contribution in [0, 0.1) is 29.5 Å². The summed E-state index contributed by atoms with van der Waals surface area (Å²) in [4.78, 5) is 11.7. The van der Waals surface area contributed by atoms with Gasteiger partial charge in [-0.05, 0) is 111 Å². The highest BCUT2D eigenvalue weighted by molar-refractivity contribution is 5.86. The number of ether oxygens (including phenoxy) is 1. The molecule has 0 bridgehead atoms. The van der Waals surface area contributed by atoms with Gasteiger partial charge in [0, 0.05) is 23.7 Å². The fourth-order valence-corrected chi connectivity index (χ4v) is 7.26. The van der Waals surface area contributed by atoms with E-state index in [9.17, 15) is 18.7 Å². The van der Waals surface area contributed by atoms with Crippen molar-refractivity contribution >= 4 is 5.97 Å². The molecule has 2 fully saturated rings. The van der Waals surface area contributed by atoms with E-state index in [1.54, 1.807) is 13.0 Å². The number of aliphatic hydroxyl groups excluding tert-OH is 1. The summed E-state index contributed by atoms with van der Waals surface area (Å²) in [6, 6.07) is 14.4. The van der Waals surface area contributed by atoms with Crippen LogP contribution < -0.4 is 0 Å². The zero-order valence-corrected chi connectivity index (χ0v) is 26.8. The summed E-state index contributed by atoms with van der Waals surface area (Å²) in [5, 5.41) is 9.78. The molecule has 0 saturated heterocycles. The lowest BCUT2D eigenvalue weighted by molar-refractivity contribution is -0.140. The Hall–Kier alpha value is -2.53. The van der Waals surface area contributed by atoms with Crippen molar-refractivity contribution in [3.05, 3.63) is 71.6 Å². The number of alkyl halides is 1. The first kappa shape index (κ1) is 35.0. The van der Waals surface area contributed by atoms with Gasteiger partial charge in [-0.1, -0.05) is 75.6 Å². The summed E-state index contributed by atoms with van der Waals surface area (Å²) in [5.74, 6) is 2.40. The molecule has 1 N–H and O–H groups in total. The van der Waals surface area contributed by atoms with Crippen molar-refractivity contribution in [2.75, 3.05) is 20.4 Å². The molecule has 0 aliphatic heterocycles. The smallest absolute Gasteiger partial charge is 0.333 e. The van der Waals surface area contributed by atoms with Crippen LogP contribution in [-0.4, -0.2) is 31.5 Å². The van der Waals surface area contributed by atoms with Gasteiger partial charge in [0.15, 0.2) is 0 Å². The van der Waals surface area contributed by atoms with Gasteiger partial charge in [-0.2, -0.15) is 0 Å². The summed E-state index contributed by atoms with van der Waals surface area (Å²) < 4.78 is 29.7. The minimum Gasteiger partial charge on any atom is -0.462 e. The van der Waals surface area contributed by atoms with E-state index in [0.717, 1.165) is 42.2 Å². The largest absolute Gasteiger partial charge is 0.462 e. The molecule has 0 amide bonds. The molecule has 0 aromatic heterocycles. The van der Waals surface area contributed by atoms with E-state index < -0.39 is 0 Å². The Bertz CT molecular complexity index is 1110. The molecule has 2 saturated carbocycles. The Morgan fingerprint density at radius 2 is 1.58 bits per heavy atom. The second-order valence-corrected chi connectivity index (χ2v) is 12.9. The molecule has 1 unspecified atom stereocenters. The first-order valence-corrected chi connectivity index (χ1v) is 16.6. The average molecular weight is 597 g/mol. The Morgan fingerprint density at radius 3 is 2.14 bits per heavy atom. The molecular weight excluding hydrogens is 542 g/mol. The fraction of sp³-hybridized carbons (Fsp3) is 0.605. The molecule has 4 rings (SSSR count). The van der Waals surface area contributed by atoms with Gasteiger partial charge in [-0.25, -0.2) is 9.18 Å². The quantitative estimate of drug-likeness (QED) is 0.142. The maximum Gasteiger partial charge on any atom is 0.333 e. The topological polar surface area (TPSA) is 46.5 Å². The number of benzene rings is 2. The number of unbranched alkanes of at least 4 members (excludes halogenated alkanes) is 2. The number of aryl methyl sites for hydroxylation is 1. The Labute approximate surface area is 259 Å². The summed E-state index contributed by atoms with van der Waals surface area (Å²) in [5.41, 5.74) is 4.57. The van der Waals surface area contributed by atoms with E-state index >= 15 is 0 Å². The molecule has 2 aromatic carbocycles. The second-order valence-electron chi connectivity index (χ2n) is 12.9. The molecule has 0 heterocycles. The first-order valence-electron chi connectivity index (χ1n) is 16.6. The van der Waals surface area contributed by atoms with Gasteiger partial charge in [-0.3, -0.25) is 4.39 Å². The third-order valence-electron chi connectivity index (χ3n) is 9.85. The lowest BCUT2D eigenvalue weighted by Gasteiger charge is -2.38. The standard InChI is InChI=1S/C37H51FO3.CH3F/c1-4-5-6-7-27-10-21-35(36(38)23-27)34-19-17-33(18-20-34)32-15-13-31(14-16-32)30-11-8-28(9-12-30)22-29(24-39)25-41-37(40)26(2)3;1-2/h10,17-21,23,28-32,39H,2,4-9,11-16,22,24-25H2,1,3H3;1H3. The first-order chi connectivity index (χ1) is 20.9. The monoisotopic (exact) mass is 596 g/mol. The molecule has 0 radical (unpaired) electrons. The van der Waals surface area contributed by atoms with E-state index in [2.05, 4.69) is 43.8 Å². The molecule has 3 nitrogen and oxygen atoms in total. The number of rotatable bonds is 13. The fourth-order valence-electron chi connectivity index (χ4n) is 7.26. The molecular formula is C38H54F2O3. The highest BCUT2D eigenvalue weighted by atomic mass is 19.1. The van der Waals surface area contributed by atoms with Crippen LogP contribution in [0.2, 0.25) is 0 Å². The minimum absolute atomic E-state index is 0.0214. The number of esters is 1. The zero-order chi connectivity index (χ0) is 31.2. The second kappa shape index (κ2) is 18.3. The van der Waals surface area contributed by atoms with Crippen molar-refractivity contribution in [2.24, 2.45) is 23.7 Å². The van der Waals surface area contributed by atoms with Gasteiger partial charge in [0.1, 0.15) is 5.82 Å². The normalized spacial score (nSPS) is 22.7. The third-order valence-corrected chi connectivity index (χ3v) is 9.85. The zero-order valence-electron chi connectivity index (χ0n) is 26.8. The van der Waals surface area contributed by atoms with Crippen molar-refractivity contribution in [1.29, 1.82) is 0 Å². The van der Waals surface area contributed by atoms with E-state index in [4.69, 9.17) is 4.74 Å². The molecule has 43 heavy (non-hydrogen) atoms. The van der Waals surface area contributed by atoms with Crippen molar-refractivity contribution in [3.8, 4) is 11.1 Å². The van der Waals surface area contributed by atoms with Gasteiger partial charge < -0.3 is 9.84 Å². The summed E-state index contributed by atoms with van der Waals surface area (Å²) in [6.45, 7) is 7.82. The summed E-state index contributed by atoms with van der Waals surface area (Å²) >= 11 is 0. The highest BCUT2D eigenvalue weighted by Gasteiger charge is 2.32.